The van der Waals surface area contributed by atoms with Crippen LogP contribution in [0.1, 0.15) is 19.8 Å². The van der Waals surface area contributed by atoms with E-state index in [1.54, 1.807) is 0 Å². The Morgan fingerprint density at radius 3 is 2.67 bits per heavy atom. The molecule has 15 heavy (non-hydrogen) atoms. The van der Waals surface area contributed by atoms with Crippen molar-refractivity contribution in [2.45, 2.75) is 19.8 Å². The van der Waals surface area contributed by atoms with Gasteiger partial charge in [0, 0.05) is 26.6 Å². The lowest BCUT2D eigenvalue weighted by molar-refractivity contribution is -0.125. The SMILES string of the molecule is CC(=O)NCCNC(=O)C1CCCNC1. The van der Waals surface area contributed by atoms with Crippen LogP contribution in [0.2, 0.25) is 0 Å². The summed E-state index contributed by atoms with van der Waals surface area (Å²) in [5.74, 6) is 0.118. The highest BCUT2D eigenvalue weighted by Crippen LogP contribution is 2.09. The van der Waals surface area contributed by atoms with Crippen LogP contribution < -0.4 is 16.0 Å². The van der Waals surface area contributed by atoms with Crippen molar-refractivity contribution in [3.8, 4) is 0 Å². The quantitative estimate of drug-likeness (QED) is 0.538. The zero-order valence-corrected chi connectivity index (χ0v) is 9.14. The first-order valence-electron chi connectivity index (χ1n) is 5.43. The van der Waals surface area contributed by atoms with Crippen molar-refractivity contribution in [1.29, 1.82) is 0 Å². The van der Waals surface area contributed by atoms with E-state index in [9.17, 15) is 9.59 Å². The summed E-state index contributed by atoms with van der Waals surface area (Å²) in [4.78, 5) is 22.1. The molecule has 86 valence electrons. The number of hydrogen-bond donors (Lipinski definition) is 3. The van der Waals surface area contributed by atoms with E-state index in [0.717, 1.165) is 25.9 Å². The van der Waals surface area contributed by atoms with Gasteiger partial charge in [0.15, 0.2) is 0 Å². The maximum Gasteiger partial charge on any atom is 0.224 e. The average Bonchev–Trinajstić information content (AvgIpc) is 2.25. The second-order valence-electron chi connectivity index (χ2n) is 3.82. The molecular weight excluding hydrogens is 194 g/mol. The van der Waals surface area contributed by atoms with Crippen LogP contribution in [0, 0.1) is 5.92 Å². The molecule has 0 radical (unpaired) electrons. The molecule has 0 aliphatic carbocycles. The number of piperidine rings is 1. The summed E-state index contributed by atoms with van der Waals surface area (Å²) in [5, 5.41) is 8.64. The Balaban J connectivity index is 2.09. The van der Waals surface area contributed by atoms with Crippen LogP contribution in [0.3, 0.4) is 0 Å². The van der Waals surface area contributed by atoms with Crippen molar-refractivity contribution in [1.82, 2.24) is 16.0 Å². The fourth-order valence-electron chi connectivity index (χ4n) is 1.64. The van der Waals surface area contributed by atoms with E-state index in [0.29, 0.717) is 13.1 Å². The summed E-state index contributed by atoms with van der Waals surface area (Å²) in [6.07, 6.45) is 2.02. The molecule has 0 bridgehead atoms. The predicted octanol–water partition coefficient (Wildman–Crippen LogP) is -0.762. The van der Waals surface area contributed by atoms with Gasteiger partial charge in [0.1, 0.15) is 0 Å². The number of carbonyl (C=O) groups is 2. The molecule has 3 N–H and O–H groups in total. The summed E-state index contributed by atoms with van der Waals surface area (Å²) in [6, 6.07) is 0. The fraction of sp³-hybridized carbons (Fsp3) is 0.800. The number of rotatable bonds is 4. The molecule has 1 aliphatic heterocycles. The largest absolute Gasteiger partial charge is 0.355 e. The topological polar surface area (TPSA) is 70.2 Å². The average molecular weight is 213 g/mol. The van der Waals surface area contributed by atoms with Crippen LogP contribution in [0.15, 0.2) is 0 Å². The number of nitrogens with one attached hydrogen (secondary N) is 3. The van der Waals surface area contributed by atoms with Crippen molar-refractivity contribution in [2.75, 3.05) is 26.2 Å². The maximum absolute atomic E-state index is 11.6. The fourth-order valence-corrected chi connectivity index (χ4v) is 1.64. The lowest BCUT2D eigenvalue weighted by atomic mass is 9.99. The Labute approximate surface area is 90.0 Å². The molecule has 2 amide bonds. The first-order valence-corrected chi connectivity index (χ1v) is 5.43. The Morgan fingerprint density at radius 2 is 2.07 bits per heavy atom. The van der Waals surface area contributed by atoms with E-state index in [-0.39, 0.29) is 17.7 Å². The van der Waals surface area contributed by atoms with Crippen molar-refractivity contribution in [3.63, 3.8) is 0 Å². The van der Waals surface area contributed by atoms with Gasteiger partial charge < -0.3 is 16.0 Å². The van der Waals surface area contributed by atoms with E-state index in [4.69, 9.17) is 0 Å². The Bertz CT molecular complexity index is 225. The zero-order valence-electron chi connectivity index (χ0n) is 9.14. The smallest absolute Gasteiger partial charge is 0.224 e. The molecule has 1 saturated heterocycles. The lowest BCUT2D eigenvalue weighted by Crippen LogP contribution is -2.42. The second-order valence-corrected chi connectivity index (χ2v) is 3.82. The monoisotopic (exact) mass is 213 g/mol. The van der Waals surface area contributed by atoms with Crippen molar-refractivity contribution >= 4 is 11.8 Å². The summed E-state index contributed by atoms with van der Waals surface area (Å²) in [7, 11) is 0. The van der Waals surface area contributed by atoms with Gasteiger partial charge in [-0.2, -0.15) is 0 Å². The maximum atomic E-state index is 11.6. The van der Waals surface area contributed by atoms with Crippen molar-refractivity contribution in [3.05, 3.63) is 0 Å². The van der Waals surface area contributed by atoms with E-state index in [1.807, 2.05) is 0 Å². The summed E-state index contributed by atoms with van der Waals surface area (Å²) < 4.78 is 0. The number of amides is 2. The minimum Gasteiger partial charge on any atom is -0.355 e. The molecule has 1 fully saturated rings. The molecule has 1 heterocycles. The van der Waals surface area contributed by atoms with Gasteiger partial charge in [0.05, 0.1) is 5.92 Å². The molecule has 0 aromatic heterocycles. The third kappa shape index (κ3) is 4.78. The molecule has 0 saturated carbocycles. The summed E-state index contributed by atoms with van der Waals surface area (Å²) in [6.45, 7) is 4.25. The summed E-state index contributed by atoms with van der Waals surface area (Å²) >= 11 is 0. The van der Waals surface area contributed by atoms with Crippen LogP contribution >= 0.6 is 0 Å². The van der Waals surface area contributed by atoms with Crippen LogP contribution in [-0.2, 0) is 9.59 Å². The van der Waals surface area contributed by atoms with Crippen LogP contribution in [0.4, 0.5) is 0 Å². The van der Waals surface area contributed by atoms with Gasteiger partial charge >= 0.3 is 0 Å². The predicted molar refractivity (Wildman–Crippen MR) is 57.3 cm³/mol. The summed E-state index contributed by atoms with van der Waals surface area (Å²) in [5.41, 5.74) is 0. The van der Waals surface area contributed by atoms with E-state index in [1.165, 1.54) is 6.92 Å². The Kier molecular flexibility index (Phi) is 5.10. The van der Waals surface area contributed by atoms with Gasteiger partial charge in [-0.05, 0) is 19.4 Å². The second kappa shape index (κ2) is 6.40. The van der Waals surface area contributed by atoms with Gasteiger partial charge in [-0.25, -0.2) is 0 Å². The molecule has 5 heteroatoms. The van der Waals surface area contributed by atoms with E-state index >= 15 is 0 Å². The van der Waals surface area contributed by atoms with Crippen LogP contribution in [0.25, 0.3) is 0 Å². The zero-order chi connectivity index (χ0) is 11.1. The highest BCUT2D eigenvalue weighted by Gasteiger charge is 2.19. The first kappa shape index (κ1) is 12.0. The molecule has 0 aromatic rings. The molecule has 1 atom stereocenters. The third-order valence-corrected chi connectivity index (χ3v) is 2.47. The normalized spacial score (nSPS) is 20.7. The standard InChI is InChI=1S/C10H19N3O2/c1-8(14)12-5-6-13-10(15)9-3-2-4-11-7-9/h9,11H,2-7H2,1H3,(H,12,14)(H,13,15). The molecule has 1 rings (SSSR count). The minimum atomic E-state index is -0.0661. The van der Waals surface area contributed by atoms with Crippen molar-refractivity contribution in [2.24, 2.45) is 5.92 Å². The lowest BCUT2D eigenvalue weighted by Gasteiger charge is -2.21. The Hall–Kier alpha value is -1.10. The van der Waals surface area contributed by atoms with Crippen LogP contribution in [0.5, 0.6) is 0 Å². The van der Waals surface area contributed by atoms with E-state index < -0.39 is 0 Å². The third-order valence-electron chi connectivity index (χ3n) is 2.47. The number of hydrogen-bond acceptors (Lipinski definition) is 3. The van der Waals surface area contributed by atoms with E-state index in [2.05, 4.69) is 16.0 Å². The van der Waals surface area contributed by atoms with Gasteiger partial charge in [0.2, 0.25) is 11.8 Å². The van der Waals surface area contributed by atoms with Gasteiger partial charge in [0.25, 0.3) is 0 Å². The Morgan fingerprint density at radius 1 is 1.33 bits per heavy atom. The van der Waals surface area contributed by atoms with Gasteiger partial charge in [-0.15, -0.1) is 0 Å². The van der Waals surface area contributed by atoms with Gasteiger partial charge in [-0.3, -0.25) is 9.59 Å². The highest BCUT2D eigenvalue weighted by molar-refractivity contribution is 5.79. The number of carbonyl (C=O) groups excluding carboxylic acids is 2. The van der Waals surface area contributed by atoms with Gasteiger partial charge in [-0.1, -0.05) is 0 Å². The molecule has 0 aromatic carbocycles. The molecule has 1 unspecified atom stereocenters. The molecular formula is C10H19N3O2. The highest BCUT2D eigenvalue weighted by atomic mass is 16.2. The van der Waals surface area contributed by atoms with Crippen molar-refractivity contribution < 1.29 is 9.59 Å². The molecule has 0 spiro atoms. The molecule has 5 nitrogen and oxygen atoms in total. The first-order chi connectivity index (χ1) is 7.20. The minimum absolute atomic E-state index is 0.0661. The molecule has 1 aliphatic rings. The van der Waals surface area contributed by atoms with Crippen LogP contribution in [-0.4, -0.2) is 38.0 Å².